The number of thioether (sulfide) groups is 1. The fourth-order valence-corrected chi connectivity index (χ4v) is 3.36. The third kappa shape index (κ3) is 5.70. The zero-order chi connectivity index (χ0) is 16.7. The summed E-state index contributed by atoms with van der Waals surface area (Å²) in [7, 11) is 0. The van der Waals surface area contributed by atoms with Crippen LogP contribution in [0.5, 0.6) is 0 Å². The normalized spacial score (nSPS) is 17.1. The Morgan fingerprint density at radius 1 is 1.35 bits per heavy atom. The lowest BCUT2D eigenvalue weighted by molar-refractivity contribution is 0.0701. The molecular weight excluding hydrogens is 315 g/mol. The second-order valence-corrected chi connectivity index (χ2v) is 7.51. The van der Waals surface area contributed by atoms with E-state index in [1.165, 1.54) is 12.1 Å². The number of nitrogens with zero attached hydrogens (tertiary/aromatic N) is 1. The van der Waals surface area contributed by atoms with Gasteiger partial charge in [-0.15, -0.1) is 11.8 Å². The molecular formula is C17H25FN2O2S. The fourth-order valence-electron chi connectivity index (χ4n) is 2.51. The number of amides is 2. The first-order valence-corrected chi connectivity index (χ1v) is 9.03. The van der Waals surface area contributed by atoms with Crippen LogP contribution in [-0.4, -0.2) is 48.0 Å². The maximum Gasteiger partial charge on any atom is 0.317 e. The molecule has 0 saturated carbocycles. The van der Waals surface area contributed by atoms with Crippen LogP contribution in [0.15, 0.2) is 29.2 Å². The number of carbonyl (C=O) groups is 1. The predicted octanol–water partition coefficient (Wildman–Crippen LogP) is 3.11. The molecule has 2 amide bonds. The van der Waals surface area contributed by atoms with Crippen LogP contribution in [0.2, 0.25) is 0 Å². The lowest BCUT2D eigenvalue weighted by Crippen LogP contribution is -2.47. The summed E-state index contributed by atoms with van der Waals surface area (Å²) < 4.78 is 12.8. The van der Waals surface area contributed by atoms with Crippen molar-refractivity contribution in [1.82, 2.24) is 10.2 Å². The molecule has 1 aromatic rings. The van der Waals surface area contributed by atoms with Crippen molar-refractivity contribution in [1.29, 1.82) is 0 Å². The van der Waals surface area contributed by atoms with Gasteiger partial charge in [-0.3, -0.25) is 0 Å². The molecule has 2 N–H and O–H groups in total. The summed E-state index contributed by atoms with van der Waals surface area (Å²) in [6, 6.07) is 6.44. The summed E-state index contributed by atoms with van der Waals surface area (Å²) in [5.41, 5.74) is -0.0391. The minimum Gasteiger partial charge on any atom is -0.396 e. The Morgan fingerprint density at radius 3 is 2.61 bits per heavy atom. The number of likely N-dealkylation sites (tertiary alicyclic amines) is 1. The quantitative estimate of drug-likeness (QED) is 0.618. The SMILES string of the molecule is CC1(CO)CCN(C(=O)NCCCSc2ccc(F)cc2)CC1. The van der Waals surface area contributed by atoms with E-state index in [0.29, 0.717) is 19.6 Å². The van der Waals surface area contributed by atoms with Crippen molar-refractivity contribution in [2.75, 3.05) is 32.0 Å². The fraction of sp³-hybridized carbons (Fsp3) is 0.588. The lowest BCUT2D eigenvalue weighted by atomic mass is 9.81. The second-order valence-electron chi connectivity index (χ2n) is 6.34. The minimum absolute atomic E-state index is 0.0169. The zero-order valence-corrected chi connectivity index (χ0v) is 14.4. The molecule has 0 atom stereocenters. The number of aliphatic hydroxyl groups excluding tert-OH is 1. The Morgan fingerprint density at radius 2 is 2.00 bits per heavy atom. The monoisotopic (exact) mass is 340 g/mol. The molecule has 1 aromatic carbocycles. The molecule has 0 aromatic heterocycles. The first-order valence-electron chi connectivity index (χ1n) is 8.04. The third-order valence-electron chi connectivity index (χ3n) is 4.32. The average Bonchev–Trinajstić information content (AvgIpc) is 2.57. The molecule has 1 saturated heterocycles. The van der Waals surface area contributed by atoms with Gasteiger partial charge in [0.1, 0.15) is 5.82 Å². The summed E-state index contributed by atoms with van der Waals surface area (Å²) in [5.74, 6) is 0.662. The van der Waals surface area contributed by atoms with Crippen molar-refractivity contribution in [2.45, 2.75) is 31.1 Å². The Hall–Kier alpha value is -1.27. The van der Waals surface area contributed by atoms with Crippen molar-refractivity contribution in [2.24, 2.45) is 5.41 Å². The molecule has 0 aliphatic carbocycles. The van der Waals surface area contributed by atoms with Crippen LogP contribution in [0.25, 0.3) is 0 Å². The van der Waals surface area contributed by atoms with Crippen molar-refractivity contribution in [3.8, 4) is 0 Å². The maximum atomic E-state index is 12.8. The van der Waals surface area contributed by atoms with Gasteiger partial charge in [0.25, 0.3) is 0 Å². The lowest BCUT2D eigenvalue weighted by Gasteiger charge is -2.38. The third-order valence-corrected chi connectivity index (χ3v) is 5.42. The van der Waals surface area contributed by atoms with Gasteiger partial charge in [0.2, 0.25) is 0 Å². The van der Waals surface area contributed by atoms with E-state index in [1.807, 2.05) is 4.90 Å². The van der Waals surface area contributed by atoms with E-state index >= 15 is 0 Å². The summed E-state index contributed by atoms with van der Waals surface area (Å²) >= 11 is 1.66. The molecule has 6 heteroatoms. The molecule has 1 heterocycles. The van der Waals surface area contributed by atoms with Crippen molar-refractivity contribution < 1.29 is 14.3 Å². The number of nitrogens with one attached hydrogen (secondary N) is 1. The van der Waals surface area contributed by atoms with E-state index in [0.717, 1.165) is 29.9 Å². The average molecular weight is 340 g/mol. The van der Waals surface area contributed by atoms with Crippen molar-refractivity contribution >= 4 is 17.8 Å². The van der Waals surface area contributed by atoms with Gasteiger partial charge in [0.15, 0.2) is 0 Å². The highest BCUT2D eigenvalue weighted by Gasteiger charge is 2.30. The largest absolute Gasteiger partial charge is 0.396 e. The Bertz CT molecular complexity index is 502. The molecule has 0 spiro atoms. The van der Waals surface area contributed by atoms with E-state index in [1.54, 1.807) is 23.9 Å². The van der Waals surface area contributed by atoms with Gasteiger partial charge in [-0.1, -0.05) is 6.92 Å². The van der Waals surface area contributed by atoms with Gasteiger partial charge in [0, 0.05) is 31.1 Å². The van der Waals surface area contributed by atoms with Crippen LogP contribution in [0, 0.1) is 11.2 Å². The Labute approximate surface area is 141 Å². The van der Waals surface area contributed by atoms with Gasteiger partial charge in [-0.05, 0) is 54.7 Å². The molecule has 0 unspecified atom stereocenters. The molecule has 23 heavy (non-hydrogen) atoms. The molecule has 0 bridgehead atoms. The highest BCUT2D eigenvalue weighted by Crippen LogP contribution is 2.29. The van der Waals surface area contributed by atoms with Crippen LogP contribution in [-0.2, 0) is 0 Å². The van der Waals surface area contributed by atoms with Crippen LogP contribution in [0.1, 0.15) is 26.2 Å². The molecule has 4 nitrogen and oxygen atoms in total. The molecule has 2 rings (SSSR count). The standard InChI is InChI=1S/C17H25FN2O2S/c1-17(13-21)7-10-20(11-8-17)16(22)19-9-2-12-23-15-5-3-14(18)4-6-15/h3-6,21H,2,7-13H2,1H3,(H,19,22). The van der Waals surface area contributed by atoms with Crippen molar-refractivity contribution in [3.63, 3.8) is 0 Å². The van der Waals surface area contributed by atoms with Crippen LogP contribution in [0.3, 0.4) is 0 Å². The van der Waals surface area contributed by atoms with E-state index in [9.17, 15) is 14.3 Å². The number of piperidine rings is 1. The Kier molecular flexibility index (Phi) is 6.72. The molecule has 0 radical (unpaired) electrons. The molecule has 128 valence electrons. The van der Waals surface area contributed by atoms with E-state index in [-0.39, 0.29) is 23.9 Å². The first kappa shape index (κ1) is 18.1. The molecule has 1 aliphatic rings. The second kappa shape index (κ2) is 8.55. The van der Waals surface area contributed by atoms with E-state index in [4.69, 9.17) is 0 Å². The van der Waals surface area contributed by atoms with Crippen LogP contribution < -0.4 is 5.32 Å². The van der Waals surface area contributed by atoms with Gasteiger partial charge in [-0.2, -0.15) is 0 Å². The highest BCUT2D eigenvalue weighted by molar-refractivity contribution is 7.99. The van der Waals surface area contributed by atoms with E-state index in [2.05, 4.69) is 12.2 Å². The smallest absolute Gasteiger partial charge is 0.317 e. The topological polar surface area (TPSA) is 52.6 Å². The number of benzene rings is 1. The number of halogens is 1. The maximum absolute atomic E-state index is 12.8. The van der Waals surface area contributed by atoms with Gasteiger partial charge >= 0.3 is 6.03 Å². The zero-order valence-electron chi connectivity index (χ0n) is 13.6. The predicted molar refractivity (Wildman–Crippen MR) is 91.1 cm³/mol. The van der Waals surface area contributed by atoms with Crippen molar-refractivity contribution in [3.05, 3.63) is 30.1 Å². The van der Waals surface area contributed by atoms with Gasteiger partial charge in [-0.25, -0.2) is 9.18 Å². The van der Waals surface area contributed by atoms with Crippen LogP contribution >= 0.6 is 11.8 Å². The summed E-state index contributed by atoms with van der Waals surface area (Å²) in [6.45, 7) is 4.29. The van der Waals surface area contributed by atoms with Crippen LogP contribution in [0.4, 0.5) is 9.18 Å². The molecule has 1 aliphatic heterocycles. The van der Waals surface area contributed by atoms with Gasteiger partial charge in [0.05, 0.1) is 0 Å². The molecule has 1 fully saturated rings. The number of aliphatic hydroxyl groups is 1. The Balaban J connectivity index is 1.59. The summed E-state index contributed by atoms with van der Waals surface area (Å²) in [5, 5.41) is 12.3. The number of carbonyl (C=O) groups excluding carboxylic acids is 1. The summed E-state index contributed by atoms with van der Waals surface area (Å²) in [4.78, 5) is 14.9. The number of urea groups is 1. The minimum atomic E-state index is -0.222. The number of hydrogen-bond acceptors (Lipinski definition) is 3. The number of rotatable bonds is 6. The first-order chi connectivity index (χ1) is 11.0. The summed E-state index contributed by atoms with van der Waals surface area (Å²) in [6.07, 6.45) is 2.56. The van der Waals surface area contributed by atoms with Gasteiger partial charge < -0.3 is 15.3 Å². The van der Waals surface area contributed by atoms with E-state index < -0.39 is 0 Å². The highest BCUT2D eigenvalue weighted by atomic mass is 32.2. The number of hydrogen-bond donors (Lipinski definition) is 2.